The van der Waals surface area contributed by atoms with E-state index in [1.807, 2.05) is 18.2 Å². The van der Waals surface area contributed by atoms with Gasteiger partial charge >= 0.3 is 0 Å². The van der Waals surface area contributed by atoms with Crippen LogP contribution in [0.3, 0.4) is 0 Å². The van der Waals surface area contributed by atoms with E-state index in [1.165, 1.54) is 18.2 Å². The minimum Gasteiger partial charge on any atom is -0.324 e. The van der Waals surface area contributed by atoms with E-state index in [-0.39, 0.29) is 5.91 Å². The summed E-state index contributed by atoms with van der Waals surface area (Å²) in [7, 11) is 0. The molecule has 0 saturated heterocycles. The molecule has 18 heavy (non-hydrogen) atoms. The molecule has 0 aliphatic rings. The maximum Gasteiger partial charge on any atom is 0.245 e. The Labute approximate surface area is 104 Å². The van der Waals surface area contributed by atoms with Gasteiger partial charge in [-0.05, 0) is 23.8 Å². The summed E-state index contributed by atoms with van der Waals surface area (Å²) in [6.07, 6.45) is 0. The van der Waals surface area contributed by atoms with E-state index in [9.17, 15) is 9.18 Å². The first kappa shape index (κ1) is 12.3. The zero-order valence-corrected chi connectivity index (χ0v) is 9.64. The third kappa shape index (κ3) is 2.93. The van der Waals surface area contributed by atoms with Gasteiger partial charge < -0.3 is 11.1 Å². The van der Waals surface area contributed by atoms with Gasteiger partial charge in [0.25, 0.3) is 0 Å². The lowest BCUT2D eigenvalue weighted by Crippen LogP contribution is -2.27. The molecule has 0 saturated carbocycles. The second-order valence-corrected chi connectivity index (χ2v) is 3.89. The van der Waals surface area contributed by atoms with Gasteiger partial charge in [-0.15, -0.1) is 0 Å². The summed E-state index contributed by atoms with van der Waals surface area (Å²) in [4.78, 5) is 11.9. The van der Waals surface area contributed by atoms with Crippen LogP contribution in [-0.4, -0.2) is 5.91 Å². The smallest absolute Gasteiger partial charge is 0.245 e. The van der Waals surface area contributed by atoms with E-state index in [0.717, 1.165) is 0 Å². The van der Waals surface area contributed by atoms with Crippen molar-refractivity contribution in [3.05, 3.63) is 66.0 Å². The normalized spacial score (nSPS) is 11.9. The molecule has 2 rings (SSSR count). The van der Waals surface area contributed by atoms with Crippen LogP contribution in [0.15, 0.2) is 54.6 Å². The average Bonchev–Trinajstić information content (AvgIpc) is 2.39. The first-order chi connectivity index (χ1) is 8.66. The Morgan fingerprint density at radius 3 is 2.50 bits per heavy atom. The monoisotopic (exact) mass is 244 g/mol. The highest BCUT2D eigenvalue weighted by Gasteiger charge is 2.15. The van der Waals surface area contributed by atoms with E-state index in [1.54, 1.807) is 18.2 Å². The van der Waals surface area contributed by atoms with E-state index >= 15 is 0 Å². The number of amides is 1. The van der Waals surface area contributed by atoms with E-state index in [4.69, 9.17) is 5.73 Å². The number of rotatable bonds is 3. The summed E-state index contributed by atoms with van der Waals surface area (Å²) in [5.74, 6) is -0.770. The van der Waals surface area contributed by atoms with Crippen LogP contribution in [0.5, 0.6) is 0 Å². The summed E-state index contributed by atoms with van der Waals surface area (Å²) >= 11 is 0. The molecular formula is C14H13FN2O. The van der Waals surface area contributed by atoms with Crippen LogP contribution in [-0.2, 0) is 4.79 Å². The van der Waals surface area contributed by atoms with Gasteiger partial charge in [0.15, 0.2) is 0 Å². The van der Waals surface area contributed by atoms with Crippen molar-refractivity contribution in [2.24, 2.45) is 5.73 Å². The predicted octanol–water partition coefficient (Wildman–Crippen LogP) is 2.46. The van der Waals surface area contributed by atoms with Crippen LogP contribution < -0.4 is 11.1 Å². The lowest BCUT2D eigenvalue weighted by molar-refractivity contribution is -0.117. The van der Waals surface area contributed by atoms with E-state index in [2.05, 4.69) is 5.32 Å². The fourth-order valence-corrected chi connectivity index (χ4v) is 1.60. The molecule has 0 fully saturated rings. The third-order valence-electron chi connectivity index (χ3n) is 2.53. The number of hydrogen-bond acceptors (Lipinski definition) is 2. The molecule has 0 spiro atoms. The summed E-state index contributed by atoms with van der Waals surface area (Å²) in [6, 6.07) is 13.9. The highest BCUT2D eigenvalue weighted by atomic mass is 19.1. The van der Waals surface area contributed by atoms with Crippen molar-refractivity contribution < 1.29 is 9.18 Å². The highest BCUT2D eigenvalue weighted by Crippen LogP contribution is 2.14. The van der Waals surface area contributed by atoms with E-state index in [0.29, 0.717) is 11.3 Å². The second kappa shape index (κ2) is 5.42. The molecule has 2 aromatic carbocycles. The van der Waals surface area contributed by atoms with Gasteiger partial charge in [-0.3, -0.25) is 4.79 Å². The number of anilines is 1. The number of hydrogen-bond donors (Lipinski definition) is 2. The number of carbonyl (C=O) groups excluding carboxylic acids is 1. The van der Waals surface area contributed by atoms with Gasteiger partial charge in [-0.25, -0.2) is 4.39 Å². The van der Waals surface area contributed by atoms with Gasteiger partial charge in [0.2, 0.25) is 5.91 Å². The number of benzene rings is 2. The number of nitrogens with two attached hydrogens (primary N) is 1. The Hall–Kier alpha value is -2.20. The molecule has 3 nitrogen and oxygen atoms in total. The topological polar surface area (TPSA) is 55.1 Å². The second-order valence-electron chi connectivity index (χ2n) is 3.89. The first-order valence-electron chi connectivity index (χ1n) is 5.54. The van der Waals surface area contributed by atoms with E-state index < -0.39 is 11.9 Å². The highest BCUT2D eigenvalue weighted by molar-refractivity contribution is 5.95. The molecular weight excluding hydrogens is 231 g/mol. The zero-order valence-electron chi connectivity index (χ0n) is 9.64. The molecule has 4 heteroatoms. The minimum absolute atomic E-state index is 0.369. The van der Waals surface area contributed by atoms with Crippen molar-refractivity contribution in [3.63, 3.8) is 0 Å². The van der Waals surface area contributed by atoms with Gasteiger partial charge in [0.1, 0.15) is 11.9 Å². The molecule has 92 valence electrons. The Bertz CT molecular complexity index is 543. The standard InChI is InChI=1S/C14H13FN2O/c15-11-7-4-8-12(9-11)17-14(18)13(16)10-5-2-1-3-6-10/h1-9,13H,16H2,(H,17,18)/t13-/m1/s1. The summed E-state index contributed by atoms with van der Waals surface area (Å²) in [5.41, 5.74) is 6.93. The molecule has 0 heterocycles. The van der Waals surface area contributed by atoms with Crippen molar-refractivity contribution in [2.45, 2.75) is 6.04 Å². The van der Waals surface area contributed by atoms with Crippen molar-refractivity contribution >= 4 is 11.6 Å². The Morgan fingerprint density at radius 2 is 1.83 bits per heavy atom. The van der Waals surface area contributed by atoms with Crippen LogP contribution in [0.2, 0.25) is 0 Å². The van der Waals surface area contributed by atoms with Gasteiger partial charge in [-0.2, -0.15) is 0 Å². The van der Waals surface area contributed by atoms with Gasteiger partial charge in [-0.1, -0.05) is 36.4 Å². The first-order valence-corrected chi connectivity index (χ1v) is 5.54. The van der Waals surface area contributed by atoms with Gasteiger partial charge in [0, 0.05) is 5.69 Å². The van der Waals surface area contributed by atoms with Crippen LogP contribution in [0.25, 0.3) is 0 Å². The number of carbonyl (C=O) groups is 1. The van der Waals surface area contributed by atoms with Crippen LogP contribution in [0.1, 0.15) is 11.6 Å². The van der Waals surface area contributed by atoms with Crippen LogP contribution in [0.4, 0.5) is 10.1 Å². The predicted molar refractivity (Wildman–Crippen MR) is 68.4 cm³/mol. The molecule has 3 N–H and O–H groups in total. The molecule has 0 aliphatic carbocycles. The van der Waals surface area contributed by atoms with Crippen molar-refractivity contribution in [3.8, 4) is 0 Å². The van der Waals surface area contributed by atoms with Gasteiger partial charge in [0.05, 0.1) is 0 Å². The SMILES string of the molecule is N[C@@H](C(=O)Nc1cccc(F)c1)c1ccccc1. The molecule has 0 unspecified atom stereocenters. The lowest BCUT2D eigenvalue weighted by Gasteiger charge is -2.12. The summed E-state index contributed by atoms with van der Waals surface area (Å²) in [6.45, 7) is 0. The maximum absolute atomic E-state index is 13.0. The van der Waals surface area contributed by atoms with Crippen molar-refractivity contribution in [2.75, 3.05) is 5.32 Å². The quantitative estimate of drug-likeness (QED) is 0.871. The molecule has 0 bridgehead atoms. The molecule has 1 atom stereocenters. The number of halogens is 1. The maximum atomic E-state index is 13.0. The molecule has 0 radical (unpaired) electrons. The zero-order chi connectivity index (χ0) is 13.0. The molecule has 0 aliphatic heterocycles. The third-order valence-corrected chi connectivity index (χ3v) is 2.53. The Balaban J connectivity index is 2.09. The summed E-state index contributed by atoms with van der Waals surface area (Å²) in [5, 5.41) is 2.58. The minimum atomic E-state index is -0.769. The fraction of sp³-hybridized carbons (Fsp3) is 0.0714. The fourth-order valence-electron chi connectivity index (χ4n) is 1.60. The number of nitrogens with one attached hydrogen (secondary N) is 1. The lowest BCUT2D eigenvalue weighted by atomic mass is 10.1. The summed E-state index contributed by atoms with van der Waals surface area (Å²) < 4.78 is 13.0. The largest absolute Gasteiger partial charge is 0.324 e. The van der Waals surface area contributed by atoms with Crippen LogP contribution >= 0.6 is 0 Å². The average molecular weight is 244 g/mol. The molecule has 1 amide bonds. The molecule has 0 aromatic heterocycles. The van der Waals surface area contributed by atoms with Crippen LogP contribution in [0, 0.1) is 5.82 Å². The Kier molecular flexibility index (Phi) is 3.69. The Morgan fingerprint density at radius 1 is 1.11 bits per heavy atom. The molecule has 2 aromatic rings. The van der Waals surface area contributed by atoms with Crippen molar-refractivity contribution in [1.82, 2.24) is 0 Å². The van der Waals surface area contributed by atoms with Crippen molar-refractivity contribution in [1.29, 1.82) is 0 Å².